The van der Waals surface area contributed by atoms with Gasteiger partial charge in [-0.15, -0.1) is 5.10 Å². The highest BCUT2D eigenvalue weighted by molar-refractivity contribution is 6.35. The third-order valence-electron chi connectivity index (χ3n) is 3.96. The minimum atomic E-state index is -4.81. The molecule has 0 unspecified atom stereocenters. The van der Waals surface area contributed by atoms with Gasteiger partial charge < -0.3 is 0 Å². The van der Waals surface area contributed by atoms with Crippen LogP contribution in [0.1, 0.15) is 5.69 Å². The molecular weight excluding hydrogens is 435 g/mol. The minimum absolute atomic E-state index is 0.0178. The zero-order valence-electron chi connectivity index (χ0n) is 14.1. The van der Waals surface area contributed by atoms with Crippen molar-refractivity contribution in [3.05, 3.63) is 70.2 Å². The Morgan fingerprint density at radius 1 is 0.931 bits per heavy atom. The molecule has 0 fully saturated rings. The topological polar surface area (TPSA) is 61.4 Å². The Labute approximate surface area is 170 Å². The van der Waals surface area contributed by atoms with Crippen LogP contribution in [-0.2, 0) is 6.18 Å². The van der Waals surface area contributed by atoms with Crippen molar-refractivity contribution < 1.29 is 17.6 Å². The molecule has 2 heterocycles. The van der Waals surface area contributed by atoms with E-state index < -0.39 is 17.7 Å². The minimum Gasteiger partial charge on any atom is -0.226 e. The zero-order valence-corrected chi connectivity index (χ0v) is 15.6. The third kappa shape index (κ3) is 3.56. The number of nitrogens with zero attached hydrogens (tertiary/aromatic N) is 6. The van der Waals surface area contributed by atoms with Crippen LogP contribution >= 0.6 is 23.2 Å². The normalized spacial score (nSPS) is 11.8. The molecule has 0 aliphatic heterocycles. The van der Waals surface area contributed by atoms with Crippen LogP contribution in [0.2, 0.25) is 10.0 Å². The maximum absolute atomic E-state index is 14.0. The Hall–Kier alpha value is -2.98. The largest absolute Gasteiger partial charge is 0.434 e. The van der Waals surface area contributed by atoms with Crippen LogP contribution in [0.25, 0.3) is 22.8 Å². The second-order valence-corrected chi connectivity index (χ2v) is 6.65. The van der Waals surface area contributed by atoms with E-state index in [0.29, 0.717) is 4.68 Å². The Morgan fingerprint density at radius 2 is 1.66 bits per heavy atom. The van der Waals surface area contributed by atoms with Crippen LogP contribution in [0, 0.1) is 5.82 Å². The summed E-state index contributed by atoms with van der Waals surface area (Å²) in [4.78, 5) is 0. The van der Waals surface area contributed by atoms with Crippen molar-refractivity contribution in [3.63, 3.8) is 0 Å². The summed E-state index contributed by atoms with van der Waals surface area (Å²) in [6.07, 6.45) is -3.83. The molecule has 0 amide bonds. The molecule has 0 bridgehead atoms. The number of tetrazole rings is 1. The van der Waals surface area contributed by atoms with Gasteiger partial charge >= 0.3 is 6.18 Å². The van der Waals surface area contributed by atoms with E-state index in [4.69, 9.17) is 23.2 Å². The molecular formula is C17H8Cl2F4N6. The van der Waals surface area contributed by atoms with Gasteiger partial charge in [-0.1, -0.05) is 23.2 Å². The van der Waals surface area contributed by atoms with Crippen molar-refractivity contribution >= 4 is 23.2 Å². The lowest BCUT2D eigenvalue weighted by molar-refractivity contribution is -0.142. The van der Waals surface area contributed by atoms with Crippen molar-refractivity contribution in [2.24, 2.45) is 0 Å². The second-order valence-electron chi connectivity index (χ2n) is 5.80. The molecule has 2 aromatic heterocycles. The van der Waals surface area contributed by atoms with Crippen LogP contribution in [0.3, 0.4) is 0 Å². The first kappa shape index (κ1) is 19.3. The number of halogens is 6. The van der Waals surface area contributed by atoms with Gasteiger partial charge in [0, 0.05) is 5.02 Å². The molecule has 0 atom stereocenters. The van der Waals surface area contributed by atoms with Crippen LogP contribution in [0.5, 0.6) is 0 Å². The van der Waals surface area contributed by atoms with Crippen molar-refractivity contribution in [2.75, 3.05) is 0 Å². The van der Waals surface area contributed by atoms with Gasteiger partial charge in [0.05, 0.1) is 28.2 Å². The first-order valence-corrected chi connectivity index (χ1v) is 8.66. The van der Waals surface area contributed by atoms with Crippen LogP contribution in [0.4, 0.5) is 17.6 Å². The molecule has 12 heteroatoms. The van der Waals surface area contributed by atoms with Crippen LogP contribution in [0.15, 0.2) is 48.7 Å². The van der Waals surface area contributed by atoms with Gasteiger partial charge in [0.1, 0.15) is 5.82 Å². The molecule has 6 nitrogen and oxygen atoms in total. The predicted molar refractivity (Wildman–Crippen MR) is 96.7 cm³/mol. The molecule has 4 aromatic rings. The molecule has 29 heavy (non-hydrogen) atoms. The van der Waals surface area contributed by atoms with E-state index in [0.717, 1.165) is 23.0 Å². The zero-order chi connectivity index (χ0) is 20.8. The van der Waals surface area contributed by atoms with Crippen LogP contribution in [-0.4, -0.2) is 30.0 Å². The molecule has 0 saturated carbocycles. The summed E-state index contributed by atoms with van der Waals surface area (Å²) in [5.41, 5.74) is -1.25. The quantitative estimate of drug-likeness (QED) is 0.419. The van der Waals surface area contributed by atoms with E-state index in [1.165, 1.54) is 30.3 Å². The highest BCUT2D eigenvalue weighted by Gasteiger charge is 2.40. The van der Waals surface area contributed by atoms with Gasteiger partial charge in [-0.25, -0.2) is 9.07 Å². The van der Waals surface area contributed by atoms with E-state index in [2.05, 4.69) is 20.6 Å². The fourth-order valence-electron chi connectivity index (χ4n) is 2.73. The lowest BCUT2D eigenvalue weighted by atomic mass is 10.2. The standard InChI is InChI=1S/C17H8Cl2F4N6/c18-9-1-6-14(13(19)7-9)29-15(17(21,22)23)12(8-24-29)16-25-26-27-28(16)11-4-2-10(20)3-5-11/h1-8H. The van der Waals surface area contributed by atoms with Gasteiger partial charge in [0.2, 0.25) is 0 Å². The molecule has 4 rings (SSSR count). The summed E-state index contributed by atoms with van der Waals surface area (Å²) in [5, 5.41) is 15.0. The van der Waals surface area contributed by atoms with Gasteiger partial charge in [0.15, 0.2) is 11.5 Å². The molecule has 0 spiro atoms. The fraction of sp³-hybridized carbons (Fsp3) is 0.0588. The van der Waals surface area contributed by atoms with Gasteiger partial charge in [-0.2, -0.15) is 23.0 Å². The van der Waals surface area contributed by atoms with Crippen molar-refractivity contribution in [1.29, 1.82) is 0 Å². The molecule has 0 aliphatic carbocycles. The third-order valence-corrected chi connectivity index (χ3v) is 4.50. The second kappa shape index (κ2) is 7.12. The summed E-state index contributed by atoms with van der Waals surface area (Å²) < 4.78 is 56.8. The molecule has 0 N–H and O–H groups in total. The average Bonchev–Trinajstić information content (AvgIpc) is 3.28. The van der Waals surface area contributed by atoms with E-state index in [-0.39, 0.29) is 32.8 Å². The SMILES string of the molecule is Fc1ccc(-n2nnnc2-c2cnn(-c3ccc(Cl)cc3Cl)c2C(F)(F)F)cc1. The number of alkyl halides is 3. The lowest BCUT2D eigenvalue weighted by Gasteiger charge is -2.14. The average molecular weight is 443 g/mol. The van der Waals surface area contributed by atoms with E-state index in [1.54, 1.807) is 0 Å². The predicted octanol–water partition coefficient (Wildman–Crippen LogP) is 4.98. The number of rotatable bonds is 3. The molecule has 0 radical (unpaired) electrons. The fourth-order valence-corrected chi connectivity index (χ4v) is 3.22. The Kier molecular flexibility index (Phi) is 4.75. The summed E-state index contributed by atoms with van der Waals surface area (Å²) in [6, 6.07) is 8.98. The molecule has 0 aliphatic rings. The lowest BCUT2D eigenvalue weighted by Crippen LogP contribution is -2.15. The van der Waals surface area contributed by atoms with Gasteiger partial charge in [-0.3, -0.25) is 0 Å². The van der Waals surface area contributed by atoms with Crippen molar-refractivity contribution in [3.8, 4) is 22.8 Å². The summed E-state index contributed by atoms with van der Waals surface area (Å²) in [7, 11) is 0. The van der Waals surface area contributed by atoms with E-state index in [1.807, 2.05) is 0 Å². The number of benzene rings is 2. The van der Waals surface area contributed by atoms with Crippen molar-refractivity contribution in [1.82, 2.24) is 30.0 Å². The Morgan fingerprint density at radius 3 is 2.31 bits per heavy atom. The van der Waals surface area contributed by atoms with Crippen LogP contribution < -0.4 is 0 Å². The van der Waals surface area contributed by atoms with Gasteiger partial charge in [-0.05, 0) is 52.9 Å². The molecule has 0 saturated heterocycles. The summed E-state index contributed by atoms with van der Waals surface area (Å²) >= 11 is 11.9. The highest BCUT2D eigenvalue weighted by atomic mass is 35.5. The first-order chi connectivity index (χ1) is 13.8. The number of aromatic nitrogens is 6. The summed E-state index contributed by atoms with van der Waals surface area (Å²) in [5.74, 6) is -0.732. The molecule has 2 aromatic carbocycles. The van der Waals surface area contributed by atoms with E-state index >= 15 is 0 Å². The molecule has 148 valence electrons. The monoisotopic (exact) mass is 442 g/mol. The summed E-state index contributed by atoms with van der Waals surface area (Å²) in [6.45, 7) is 0. The Balaban J connectivity index is 1.92. The van der Waals surface area contributed by atoms with Crippen molar-refractivity contribution in [2.45, 2.75) is 6.18 Å². The maximum atomic E-state index is 14.0. The Bertz CT molecular complexity index is 1180. The van der Waals surface area contributed by atoms with Gasteiger partial charge in [0.25, 0.3) is 0 Å². The maximum Gasteiger partial charge on any atom is 0.434 e. The van der Waals surface area contributed by atoms with E-state index in [9.17, 15) is 17.6 Å². The number of hydrogen-bond donors (Lipinski definition) is 0. The smallest absolute Gasteiger partial charge is 0.226 e. The number of hydrogen-bond acceptors (Lipinski definition) is 4. The first-order valence-electron chi connectivity index (χ1n) is 7.91. The highest BCUT2D eigenvalue weighted by Crippen LogP contribution is 2.39.